The van der Waals surface area contributed by atoms with Crippen LogP contribution in [0.15, 0.2) is 48.5 Å². The molecule has 0 radical (unpaired) electrons. The fourth-order valence-corrected chi connectivity index (χ4v) is 3.72. The number of likely N-dealkylation sites (tertiary alicyclic amines) is 1. The van der Waals surface area contributed by atoms with Gasteiger partial charge in [0.05, 0.1) is 7.11 Å². The maximum absolute atomic E-state index is 13.0. The van der Waals surface area contributed by atoms with Crippen molar-refractivity contribution in [3.05, 3.63) is 65.2 Å². The third-order valence-electron chi connectivity index (χ3n) is 4.99. The van der Waals surface area contributed by atoms with Gasteiger partial charge in [-0.05, 0) is 62.7 Å². The lowest BCUT2D eigenvalue weighted by atomic mass is 10.0. The highest BCUT2D eigenvalue weighted by Gasteiger charge is 2.30. The summed E-state index contributed by atoms with van der Waals surface area (Å²) in [5, 5.41) is 0. The van der Waals surface area contributed by atoms with Crippen LogP contribution in [-0.4, -0.2) is 49.5 Å². The molecule has 1 heterocycles. The highest BCUT2D eigenvalue weighted by atomic mass is 16.5. The molecule has 2 aromatic rings. The number of methoxy groups -OCH3 is 1. The second-order valence-electron chi connectivity index (χ2n) is 7.25. The van der Waals surface area contributed by atoms with Crippen LogP contribution < -0.4 is 4.74 Å². The molecular weight excluding hydrogens is 324 g/mol. The lowest BCUT2D eigenvalue weighted by Gasteiger charge is -2.25. The Morgan fingerprint density at radius 1 is 1.15 bits per heavy atom. The van der Waals surface area contributed by atoms with E-state index in [4.69, 9.17) is 4.74 Å². The summed E-state index contributed by atoms with van der Waals surface area (Å²) in [5.74, 6) is 1.04. The van der Waals surface area contributed by atoms with Gasteiger partial charge >= 0.3 is 0 Å². The molecule has 4 heteroatoms. The summed E-state index contributed by atoms with van der Waals surface area (Å²) in [6.07, 6.45) is 2.95. The van der Waals surface area contributed by atoms with Gasteiger partial charge in [-0.25, -0.2) is 0 Å². The van der Waals surface area contributed by atoms with E-state index in [1.165, 1.54) is 11.1 Å². The van der Waals surface area contributed by atoms with Gasteiger partial charge in [0.25, 0.3) is 5.91 Å². The molecule has 1 amide bonds. The SMILES string of the molecule is COc1ccccc1C[C@H]1CCCN1C(=O)c1ccc(CN(C)C)cc1. The van der Waals surface area contributed by atoms with Gasteiger partial charge in [-0.3, -0.25) is 4.79 Å². The largest absolute Gasteiger partial charge is 0.496 e. The van der Waals surface area contributed by atoms with Crippen LogP contribution in [-0.2, 0) is 13.0 Å². The van der Waals surface area contributed by atoms with Crippen LogP contribution in [0.4, 0.5) is 0 Å². The van der Waals surface area contributed by atoms with E-state index in [9.17, 15) is 4.79 Å². The Kier molecular flexibility index (Phi) is 5.94. The first-order valence-electron chi connectivity index (χ1n) is 9.25. The molecule has 2 aromatic carbocycles. The van der Waals surface area contributed by atoms with Crippen LogP contribution in [0.25, 0.3) is 0 Å². The summed E-state index contributed by atoms with van der Waals surface area (Å²) in [6.45, 7) is 1.71. The molecule has 1 aliphatic rings. The first-order valence-corrected chi connectivity index (χ1v) is 9.25. The molecule has 1 atom stereocenters. The Hall–Kier alpha value is -2.33. The van der Waals surface area contributed by atoms with Gasteiger partial charge < -0.3 is 14.5 Å². The second kappa shape index (κ2) is 8.37. The number of hydrogen-bond donors (Lipinski definition) is 0. The molecule has 1 saturated heterocycles. The zero-order chi connectivity index (χ0) is 18.5. The lowest BCUT2D eigenvalue weighted by molar-refractivity contribution is 0.0736. The third-order valence-corrected chi connectivity index (χ3v) is 4.99. The molecule has 0 N–H and O–H groups in total. The van der Waals surface area contributed by atoms with Crippen LogP contribution >= 0.6 is 0 Å². The molecule has 0 bridgehead atoms. The van der Waals surface area contributed by atoms with E-state index in [-0.39, 0.29) is 11.9 Å². The Balaban J connectivity index is 1.72. The van der Waals surface area contributed by atoms with Crippen LogP contribution in [0.2, 0.25) is 0 Å². The molecular formula is C22H28N2O2. The van der Waals surface area contributed by atoms with E-state index in [1.807, 2.05) is 49.3 Å². The van der Waals surface area contributed by atoms with Crippen molar-refractivity contribution in [3.8, 4) is 5.75 Å². The van der Waals surface area contributed by atoms with Gasteiger partial charge in [-0.2, -0.15) is 0 Å². The van der Waals surface area contributed by atoms with Crippen molar-refractivity contribution in [2.24, 2.45) is 0 Å². The van der Waals surface area contributed by atoms with Gasteiger partial charge in [0.1, 0.15) is 5.75 Å². The predicted octanol–water partition coefficient (Wildman–Crippen LogP) is 3.60. The summed E-state index contributed by atoms with van der Waals surface area (Å²) in [4.78, 5) is 17.2. The summed E-state index contributed by atoms with van der Waals surface area (Å²) in [7, 11) is 5.79. The maximum atomic E-state index is 13.0. The van der Waals surface area contributed by atoms with Gasteiger partial charge in [-0.1, -0.05) is 30.3 Å². The monoisotopic (exact) mass is 352 g/mol. The van der Waals surface area contributed by atoms with E-state index in [0.29, 0.717) is 0 Å². The minimum Gasteiger partial charge on any atom is -0.496 e. The molecule has 138 valence electrons. The van der Waals surface area contributed by atoms with Crippen LogP contribution in [0.1, 0.15) is 34.3 Å². The average molecular weight is 352 g/mol. The summed E-state index contributed by atoms with van der Waals surface area (Å²) in [5.41, 5.74) is 3.17. The molecule has 4 nitrogen and oxygen atoms in total. The van der Waals surface area contributed by atoms with Crippen molar-refractivity contribution in [1.29, 1.82) is 0 Å². The Bertz CT molecular complexity index is 740. The number of amides is 1. The van der Waals surface area contributed by atoms with Gasteiger partial charge in [0, 0.05) is 24.7 Å². The van der Waals surface area contributed by atoms with Crippen LogP contribution in [0.3, 0.4) is 0 Å². The van der Waals surface area contributed by atoms with Crippen molar-refractivity contribution in [2.75, 3.05) is 27.7 Å². The lowest BCUT2D eigenvalue weighted by Crippen LogP contribution is -2.36. The smallest absolute Gasteiger partial charge is 0.254 e. The highest BCUT2D eigenvalue weighted by molar-refractivity contribution is 5.94. The molecule has 1 aliphatic heterocycles. The topological polar surface area (TPSA) is 32.8 Å². The fourth-order valence-electron chi connectivity index (χ4n) is 3.72. The van der Waals surface area contributed by atoms with E-state index < -0.39 is 0 Å². The number of benzene rings is 2. The second-order valence-corrected chi connectivity index (χ2v) is 7.25. The third kappa shape index (κ3) is 4.25. The van der Waals surface area contributed by atoms with Crippen molar-refractivity contribution in [2.45, 2.75) is 31.8 Å². The van der Waals surface area contributed by atoms with Crippen molar-refractivity contribution >= 4 is 5.91 Å². The van der Waals surface area contributed by atoms with Gasteiger partial charge in [-0.15, -0.1) is 0 Å². The molecule has 0 saturated carbocycles. The van der Waals surface area contributed by atoms with Crippen LogP contribution in [0.5, 0.6) is 5.75 Å². The Morgan fingerprint density at radius 3 is 2.58 bits per heavy atom. The summed E-state index contributed by atoms with van der Waals surface area (Å²) >= 11 is 0. The number of para-hydroxylation sites is 1. The highest BCUT2D eigenvalue weighted by Crippen LogP contribution is 2.27. The minimum absolute atomic E-state index is 0.138. The molecule has 26 heavy (non-hydrogen) atoms. The quantitative estimate of drug-likeness (QED) is 0.796. The molecule has 1 fully saturated rings. The standard InChI is InChI=1S/C22H28N2O2/c1-23(2)16-17-10-12-18(13-11-17)22(25)24-14-6-8-20(24)15-19-7-4-5-9-21(19)26-3/h4-5,7,9-13,20H,6,8,14-16H2,1-3H3/t20-/m1/s1. The van der Waals surface area contributed by atoms with E-state index in [2.05, 4.69) is 23.1 Å². The van der Waals surface area contributed by atoms with Gasteiger partial charge in [0.2, 0.25) is 0 Å². The molecule has 3 rings (SSSR count). The van der Waals surface area contributed by atoms with Crippen LogP contribution in [0, 0.1) is 0 Å². The summed E-state index contributed by atoms with van der Waals surface area (Å²) in [6, 6.07) is 16.4. The zero-order valence-electron chi connectivity index (χ0n) is 15.9. The molecule has 0 unspecified atom stereocenters. The predicted molar refractivity (Wildman–Crippen MR) is 105 cm³/mol. The fraction of sp³-hybridized carbons (Fsp3) is 0.409. The zero-order valence-corrected chi connectivity index (χ0v) is 15.9. The minimum atomic E-state index is 0.138. The number of carbonyl (C=O) groups excluding carboxylic acids is 1. The Morgan fingerprint density at radius 2 is 1.88 bits per heavy atom. The maximum Gasteiger partial charge on any atom is 0.254 e. The number of carbonyl (C=O) groups is 1. The molecule has 0 spiro atoms. The first kappa shape index (κ1) is 18.5. The Labute approximate surface area is 156 Å². The van der Waals surface area contributed by atoms with Gasteiger partial charge in [0.15, 0.2) is 0 Å². The normalized spacial score (nSPS) is 16.9. The average Bonchev–Trinajstić information content (AvgIpc) is 3.10. The van der Waals surface area contributed by atoms with Crippen molar-refractivity contribution in [3.63, 3.8) is 0 Å². The number of ether oxygens (including phenoxy) is 1. The van der Waals surface area contributed by atoms with Crippen molar-refractivity contribution in [1.82, 2.24) is 9.80 Å². The van der Waals surface area contributed by atoms with E-state index >= 15 is 0 Å². The number of rotatable bonds is 6. The van der Waals surface area contributed by atoms with E-state index in [0.717, 1.165) is 43.7 Å². The molecule has 0 aliphatic carbocycles. The van der Waals surface area contributed by atoms with Crippen molar-refractivity contribution < 1.29 is 9.53 Å². The first-order chi connectivity index (χ1) is 12.6. The number of hydrogen-bond acceptors (Lipinski definition) is 3. The molecule has 0 aromatic heterocycles. The van der Waals surface area contributed by atoms with E-state index in [1.54, 1.807) is 7.11 Å². The number of nitrogens with zero attached hydrogens (tertiary/aromatic N) is 2. The summed E-state index contributed by atoms with van der Waals surface area (Å²) < 4.78 is 5.47.